The Hall–Kier alpha value is -2.50. The van der Waals surface area contributed by atoms with Gasteiger partial charge in [0.25, 0.3) is 0 Å². The van der Waals surface area contributed by atoms with E-state index < -0.39 is 0 Å². The fourth-order valence-corrected chi connectivity index (χ4v) is 3.57. The average molecular weight is 369 g/mol. The number of nitrogens with zero attached hydrogens (tertiary/aromatic N) is 4. The monoisotopic (exact) mass is 368 g/mol. The van der Waals surface area contributed by atoms with Gasteiger partial charge in [-0.1, -0.05) is 25.1 Å². The van der Waals surface area contributed by atoms with Crippen LogP contribution in [-0.2, 0) is 0 Å². The molecule has 0 spiro atoms. The molecule has 1 saturated heterocycles. The number of aromatic nitrogens is 2. The highest BCUT2D eigenvalue weighted by atomic mass is 15.3. The van der Waals surface area contributed by atoms with Crippen molar-refractivity contribution in [1.29, 1.82) is 0 Å². The highest BCUT2D eigenvalue weighted by molar-refractivity contribution is 5.80. The molecule has 0 aliphatic carbocycles. The minimum atomic E-state index is 0.449. The second-order valence-corrected chi connectivity index (χ2v) is 7.17. The number of piperidine rings is 1. The number of anilines is 1. The van der Waals surface area contributed by atoms with Gasteiger partial charge in [-0.25, -0.2) is 4.98 Å². The van der Waals surface area contributed by atoms with Crippen LogP contribution in [0.25, 0.3) is 0 Å². The fraction of sp³-hybridized carbons (Fsp3) is 0.524. The second-order valence-electron chi connectivity index (χ2n) is 7.17. The van der Waals surface area contributed by atoms with E-state index in [-0.39, 0.29) is 0 Å². The van der Waals surface area contributed by atoms with E-state index in [0.29, 0.717) is 12.0 Å². The molecule has 3 rings (SSSR count). The Balaban J connectivity index is 1.53. The van der Waals surface area contributed by atoms with E-state index >= 15 is 0 Å². The highest BCUT2D eigenvalue weighted by Gasteiger charge is 2.28. The standard InChI is InChI=1S/C21H32N6/c1-3-23-21(25-12-7-11-24-19-8-5-4-6-9-19)26-14-10-18(2)20(16-26)27-15-13-22-17-27/h4-6,8-9,13,15,17-18,20,24H,3,7,10-12,14,16H2,1-2H3,(H,23,25). The highest BCUT2D eigenvalue weighted by Crippen LogP contribution is 2.27. The molecule has 0 amide bonds. The number of benzene rings is 1. The van der Waals surface area contributed by atoms with Crippen LogP contribution < -0.4 is 10.6 Å². The quantitative estimate of drug-likeness (QED) is 0.448. The first-order valence-corrected chi connectivity index (χ1v) is 10.1. The third-order valence-corrected chi connectivity index (χ3v) is 5.16. The molecule has 2 N–H and O–H groups in total. The van der Waals surface area contributed by atoms with Gasteiger partial charge in [0.1, 0.15) is 0 Å². The maximum Gasteiger partial charge on any atom is 0.193 e. The number of likely N-dealkylation sites (tertiary alicyclic amines) is 1. The third kappa shape index (κ3) is 5.49. The van der Waals surface area contributed by atoms with E-state index in [1.807, 2.05) is 18.6 Å². The van der Waals surface area contributed by atoms with E-state index in [1.54, 1.807) is 0 Å². The third-order valence-electron chi connectivity index (χ3n) is 5.16. The van der Waals surface area contributed by atoms with Crippen LogP contribution in [0.1, 0.15) is 32.7 Å². The lowest BCUT2D eigenvalue weighted by molar-refractivity contribution is 0.189. The van der Waals surface area contributed by atoms with Gasteiger partial charge in [0.15, 0.2) is 5.96 Å². The lowest BCUT2D eigenvalue weighted by atomic mass is 9.93. The van der Waals surface area contributed by atoms with E-state index in [4.69, 9.17) is 4.99 Å². The Kier molecular flexibility index (Phi) is 7.13. The lowest BCUT2D eigenvalue weighted by Crippen LogP contribution is -2.49. The maximum absolute atomic E-state index is 4.88. The summed E-state index contributed by atoms with van der Waals surface area (Å²) in [7, 11) is 0. The first-order chi connectivity index (χ1) is 13.3. The van der Waals surface area contributed by atoms with Crippen molar-refractivity contribution in [2.45, 2.75) is 32.7 Å². The fourth-order valence-electron chi connectivity index (χ4n) is 3.57. The molecule has 146 valence electrons. The predicted molar refractivity (Wildman–Crippen MR) is 112 cm³/mol. The average Bonchev–Trinajstić information content (AvgIpc) is 3.23. The van der Waals surface area contributed by atoms with E-state index in [0.717, 1.165) is 45.1 Å². The summed E-state index contributed by atoms with van der Waals surface area (Å²) >= 11 is 0. The smallest absolute Gasteiger partial charge is 0.193 e. The Morgan fingerprint density at radius 1 is 1.30 bits per heavy atom. The van der Waals surface area contributed by atoms with Crippen molar-refractivity contribution in [1.82, 2.24) is 19.8 Å². The molecule has 1 aromatic heterocycles. The van der Waals surface area contributed by atoms with Crippen molar-refractivity contribution < 1.29 is 0 Å². The van der Waals surface area contributed by atoms with E-state index in [9.17, 15) is 0 Å². The zero-order valence-electron chi connectivity index (χ0n) is 16.5. The molecule has 6 nitrogen and oxygen atoms in total. The Bertz CT molecular complexity index is 682. The minimum absolute atomic E-state index is 0.449. The van der Waals surface area contributed by atoms with Crippen LogP contribution in [0.2, 0.25) is 0 Å². The number of aliphatic imine (C=N–C) groups is 1. The molecule has 2 heterocycles. The summed E-state index contributed by atoms with van der Waals surface area (Å²) in [6, 6.07) is 10.8. The topological polar surface area (TPSA) is 57.5 Å². The molecule has 6 heteroatoms. The van der Waals surface area contributed by atoms with Crippen molar-refractivity contribution >= 4 is 11.6 Å². The van der Waals surface area contributed by atoms with Crippen LogP contribution in [0.4, 0.5) is 5.69 Å². The summed E-state index contributed by atoms with van der Waals surface area (Å²) in [6.45, 7) is 9.15. The van der Waals surface area contributed by atoms with Gasteiger partial charge < -0.3 is 20.1 Å². The first kappa shape index (κ1) is 19.3. The summed E-state index contributed by atoms with van der Waals surface area (Å²) < 4.78 is 2.24. The first-order valence-electron chi connectivity index (χ1n) is 10.1. The molecule has 1 aliphatic heterocycles. The van der Waals surface area contributed by atoms with Gasteiger partial charge in [-0.05, 0) is 37.8 Å². The summed E-state index contributed by atoms with van der Waals surface area (Å²) in [6.07, 6.45) is 8.06. The second kappa shape index (κ2) is 10.00. The zero-order chi connectivity index (χ0) is 18.9. The van der Waals surface area contributed by atoms with Crippen molar-refractivity contribution in [3.8, 4) is 0 Å². The number of hydrogen-bond donors (Lipinski definition) is 2. The summed E-state index contributed by atoms with van der Waals surface area (Å²) in [5, 5.41) is 6.92. The minimum Gasteiger partial charge on any atom is -0.385 e. The Morgan fingerprint density at radius 3 is 2.89 bits per heavy atom. The molecule has 1 aromatic carbocycles. The number of para-hydroxylation sites is 1. The van der Waals surface area contributed by atoms with Crippen molar-refractivity contribution in [3.05, 3.63) is 49.1 Å². The number of imidazole rings is 1. The van der Waals surface area contributed by atoms with Gasteiger partial charge in [0.05, 0.1) is 12.4 Å². The van der Waals surface area contributed by atoms with E-state index in [2.05, 4.69) is 69.4 Å². The van der Waals surface area contributed by atoms with Crippen LogP contribution in [0.15, 0.2) is 54.0 Å². The van der Waals surface area contributed by atoms with Crippen molar-refractivity contribution in [3.63, 3.8) is 0 Å². The van der Waals surface area contributed by atoms with E-state index in [1.165, 1.54) is 12.1 Å². The van der Waals surface area contributed by atoms with Gasteiger partial charge in [-0.15, -0.1) is 0 Å². The number of nitrogens with one attached hydrogen (secondary N) is 2. The molecule has 2 aromatic rings. The number of guanidine groups is 1. The molecule has 0 saturated carbocycles. The summed E-state index contributed by atoms with van der Waals surface area (Å²) in [5.74, 6) is 1.68. The Labute approximate surface area is 162 Å². The largest absolute Gasteiger partial charge is 0.385 e. The number of rotatable bonds is 7. The van der Waals surface area contributed by atoms with Gasteiger partial charge in [-0.3, -0.25) is 4.99 Å². The molecule has 0 bridgehead atoms. The lowest BCUT2D eigenvalue weighted by Gasteiger charge is -2.39. The SMILES string of the molecule is CCNC(=NCCCNc1ccccc1)N1CCC(C)C(n2ccnc2)C1. The number of hydrogen-bond acceptors (Lipinski definition) is 3. The van der Waals surface area contributed by atoms with Crippen LogP contribution in [0.5, 0.6) is 0 Å². The molecular weight excluding hydrogens is 336 g/mol. The molecule has 2 unspecified atom stereocenters. The molecule has 27 heavy (non-hydrogen) atoms. The molecule has 1 aliphatic rings. The van der Waals surface area contributed by atoms with Gasteiger partial charge in [0.2, 0.25) is 0 Å². The van der Waals surface area contributed by atoms with Gasteiger partial charge >= 0.3 is 0 Å². The van der Waals surface area contributed by atoms with Crippen LogP contribution in [0, 0.1) is 5.92 Å². The normalized spacial score (nSPS) is 20.5. The molecular formula is C21H32N6. The Morgan fingerprint density at radius 2 is 2.15 bits per heavy atom. The van der Waals surface area contributed by atoms with Crippen LogP contribution >= 0.6 is 0 Å². The maximum atomic E-state index is 4.88. The summed E-state index contributed by atoms with van der Waals surface area (Å²) in [5.41, 5.74) is 1.17. The van der Waals surface area contributed by atoms with Crippen molar-refractivity contribution in [2.75, 3.05) is 38.0 Å². The molecule has 0 radical (unpaired) electrons. The predicted octanol–water partition coefficient (Wildman–Crippen LogP) is 3.23. The van der Waals surface area contributed by atoms with Crippen molar-refractivity contribution in [2.24, 2.45) is 10.9 Å². The van der Waals surface area contributed by atoms with Crippen LogP contribution in [-0.4, -0.2) is 53.1 Å². The van der Waals surface area contributed by atoms with Gasteiger partial charge in [-0.2, -0.15) is 0 Å². The molecule has 1 fully saturated rings. The van der Waals surface area contributed by atoms with Gasteiger partial charge in [0, 0.05) is 50.8 Å². The summed E-state index contributed by atoms with van der Waals surface area (Å²) in [4.78, 5) is 11.5. The zero-order valence-corrected chi connectivity index (χ0v) is 16.5. The molecule has 2 atom stereocenters. The van der Waals surface area contributed by atoms with Crippen LogP contribution in [0.3, 0.4) is 0 Å².